The van der Waals surface area contributed by atoms with Gasteiger partial charge in [0, 0.05) is 21.7 Å². The largest absolute Gasteiger partial charge is 0.360 e. The zero-order chi connectivity index (χ0) is 18.0. The van der Waals surface area contributed by atoms with Gasteiger partial charge in [-0.05, 0) is 64.8 Å². The molecule has 130 valence electrons. The summed E-state index contributed by atoms with van der Waals surface area (Å²) in [5, 5.41) is 4.86. The van der Waals surface area contributed by atoms with Gasteiger partial charge in [-0.1, -0.05) is 29.3 Å². The number of fused-ring (bicyclic) bond motifs is 1. The van der Waals surface area contributed by atoms with Crippen molar-refractivity contribution in [1.82, 2.24) is 4.98 Å². The van der Waals surface area contributed by atoms with Crippen LogP contribution in [0.2, 0.25) is 10.0 Å². The van der Waals surface area contributed by atoms with Crippen LogP contribution < -0.4 is 11.1 Å². The van der Waals surface area contributed by atoms with E-state index in [2.05, 4.69) is 26.2 Å². The molecule has 1 atom stereocenters. The van der Waals surface area contributed by atoms with E-state index in [1.165, 1.54) is 0 Å². The molecule has 4 N–H and O–H groups in total. The van der Waals surface area contributed by atoms with E-state index in [4.69, 9.17) is 28.9 Å². The molecule has 0 spiro atoms. The predicted octanol–water partition coefficient (Wildman–Crippen LogP) is 5.31. The monoisotopic (exact) mass is 439 g/mol. The van der Waals surface area contributed by atoms with E-state index in [1.807, 2.05) is 24.4 Å². The van der Waals surface area contributed by atoms with Crippen LogP contribution in [0.5, 0.6) is 0 Å². The minimum Gasteiger partial charge on any atom is -0.360 e. The second kappa shape index (κ2) is 7.79. The van der Waals surface area contributed by atoms with E-state index in [0.717, 1.165) is 20.9 Å². The second-order valence-corrected chi connectivity index (χ2v) is 7.36. The topological polar surface area (TPSA) is 70.9 Å². The Labute approximate surface area is 163 Å². The zero-order valence-electron chi connectivity index (χ0n) is 13.2. The van der Waals surface area contributed by atoms with Gasteiger partial charge in [0.15, 0.2) is 0 Å². The molecule has 25 heavy (non-hydrogen) atoms. The standard InChI is InChI=1S/C18H16BrCl2N3O/c19-14-9-12(7-11-4-6-23-17(11)14)24-18(25)13(3-5-22)10-1-2-15(20)16(21)8-10/h1-2,4,6-9,13,23H,3,5,22H2,(H,24,25). The lowest BCUT2D eigenvalue weighted by Gasteiger charge is -2.17. The van der Waals surface area contributed by atoms with Crippen molar-refractivity contribution in [2.45, 2.75) is 12.3 Å². The third kappa shape index (κ3) is 4.01. The average molecular weight is 441 g/mol. The summed E-state index contributed by atoms with van der Waals surface area (Å²) in [4.78, 5) is 16.0. The molecule has 0 radical (unpaired) electrons. The number of carbonyl (C=O) groups excluding carboxylic acids is 1. The summed E-state index contributed by atoms with van der Waals surface area (Å²) in [5.74, 6) is -0.536. The number of hydrogen-bond acceptors (Lipinski definition) is 2. The molecule has 0 saturated carbocycles. The van der Waals surface area contributed by atoms with Crippen molar-refractivity contribution in [3.05, 3.63) is 62.7 Å². The molecule has 3 rings (SSSR count). The lowest BCUT2D eigenvalue weighted by molar-refractivity contribution is -0.117. The Kier molecular flexibility index (Phi) is 5.69. The van der Waals surface area contributed by atoms with Crippen LogP contribution >= 0.6 is 39.1 Å². The molecule has 1 amide bonds. The number of halogens is 3. The summed E-state index contributed by atoms with van der Waals surface area (Å²) in [7, 11) is 0. The maximum absolute atomic E-state index is 12.8. The van der Waals surface area contributed by atoms with E-state index in [-0.39, 0.29) is 5.91 Å². The maximum atomic E-state index is 12.8. The number of hydrogen-bond donors (Lipinski definition) is 3. The van der Waals surface area contributed by atoms with Crippen LogP contribution in [0.25, 0.3) is 10.9 Å². The fourth-order valence-electron chi connectivity index (χ4n) is 2.77. The van der Waals surface area contributed by atoms with Crippen molar-refractivity contribution in [3.63, 3.8) is 0 Å². The molecule has 1 aromatic heterocycles. The molecule has 0 aliphatic rings. The number of aromatic amines is 1. The first kappa shape index (κ1) is 18.3. The quantitative estimate of drug-likeness (QED) is 0.503. The molecule has 4 nitrogen and oxygen atoms in total. The second-order valence-electron chi connectivity index (χ2n) is 5.69. The molecule has 0 bridgehead atoms. The molecule has 0 aliphatic carbocycles. The molecule has 2 aromatic carbocycles. The average Bonchev–Trinajstić information content (AvgIpc) is 3.04. The molecule has 1 unspecified atom stereocenters. The Balaban J connectivity index is 1.88. The number of H-pyrrole nitrogens is 1. The van der Waals surface area contributed by atoms with Crippen molar-refractivity contribution in [3.8, 4) is 0 Å². The molecule has 0 aliphatic heterocycles. The number of amides is 1. The van der Waals surface area contributed by atoms with Gasteiger partial charge in [-0.25, -0.2) is 0 Å². The first-order valence-electron chi connectivity index (χ1n) is 7.72. The third-order valence-electron chi connectivity index (χ3n) is 4.00. The van der Waals surface area contributed by atoms with Crippen LogP contribution in [-0.4, -0.2) is 17.4 Å². The van der Waals surface area contributed by atoms with Crippen LogP contribution in [0.3, 0.4) is 0 Å². The van der Waals surface area contributed by atoms with Crippen molar-refractivity contribution in [2.75, 3.05) is 11.9 Å². The Morgan fingerprint density at radius 2 is 2.00 bits per heavy atom. The zero-order valence-corrected chi connectivity index (χ0v) is 16.3. The fourth-order valence-corrected chi connectivity index (χ4v) is 3.67. The van der Waals surface area contributed by atoms with Gasteiger partial charge >= 0.3 is 0 Å². The Morgan fingerprint density at radius 1 is 1.20 bits per heavy atom. The molecular weight excluding hydrogens is 425 g/mol. The highest BCUT2D eigenvalue weighted by Gasteiger charge is 2.21. The van der Waals surface area contributed by atoms with Gasteiger partial charge in [0.05, 0.1) is 21.5 Å². The van der Waals surface area contributed by atoms with Crippen molar-refractivity contribution < 1.29 is 4.79 Å². The lowest BCUT2D eigenvalue weighted by Crippen LogP contribution is -2.23. The van der Waals surface area contributed by atoms with E-state index in [9.17, 15) is 4.79 Å². The lowest BCUT2D eigenvalue weighted by atomic mass is 9.94. The van der Waals surface area contributed by atoms with Gasteiger partial charge in [0.25, 0.3) is 0 Å². The normalized spacial score (nSPS) is 12.3. The SMILES string of the molecule is NCCC(C(=O)Nc1cc(Br)c2[nH]ccc2c1)c1ccc(Cl)c(Cl)c1. The van der Waals surface area contributed by atoms with Gasteiger partial charge < -0.3 is 16.0 Å². The smallest absolute Gasteiger partial charge is 0.231 e. The first-order valence-corrected chi connectivity index (χ1v) is 9.27. The summed E-state index contributed by atoms with van der Waals surface area (Å²) < 4.78 is 0.884. The van der Waals surface area contributed by atoms with Crippen LogP contribution in [0.4, 0.5) is 5.69 Å². The first-order chi connectivity index (χ1) is 12.0. The number of benzene rings is 2. The molecule has 0 saturated heterocycles. The fraction of sp³-hybridized carbons (Fsp3) is 0.167. The highest BCUT2D eigenvalue weighted by molar-refractivity contribution is 9.10. The molecule has 7 heteroatoms. The van der Waals surface area contributed by atoms with Crippen LogP contribution in [0, 0.1) is 0 Å². The van der Waals surface area contributed by atoms with E-state index < -0.39 is 5.92 Å². The highest BCUT2D eigenvalue weighted by Crippen LogP contribution is 2.31. The highest BCUT2D eigenvalue weighted by atomic mass is 79.9. The van der Waals surface area contributed by atoms with Gasteiger partial charge in [-0.15, -0.1) is 0 Å². The van der Waals surface area contributed by atoms with Crippen LogP contribution in [0.1, 0.15) is 17.9 Å². The number of anilines is 1. The molecule has 1 heterocycles. The third-order valence-corrected chi connectivity index (χ3v) is 5.36. The van der Waals surface area contributed by atoms with Crippen molar-refractivity contribution in [1.29, 1.82) is 0 Å². The summed E-state index contributed by atoms with van der Waals surface area (Å²) in [6, 6.07) is 11.0. The van der Waals surface area contributed by atoms with E-state index >= 15 is 0 Å². The number of aromatic nitrogens is 1. The molecule has 0 fully saturated rings. The van der Waals surface area contributed by atoms with Gasteiger partial charge in [0.1, 0.15) is 0 Å². The van der Waals surface area contributed by atoms with Crippen LogP contribution in [0.15, 0.2) is 47.1 Å². The van der Waals surface area contributed by atoms with E-state index in [0.29, 0.717) is 28.7 Å². The maximum Gasteiger partial charge on any atom is 0.231 e. The molecule has 3 aromatic rings. The minimum atomic E-state index is -0.402. The summed E-state index contributed by atoms with van der Waals surface area (Å²) in [6.07, 6.45) is 2.37. The predicted molar refractivity (Wildman–Crippen MR) is 108 cm³/mol. The molecular formula is C18H16BrCl2N3O. The Bertz CT molecular complexity index is 926. The number of nitrogens with one attached hydrogen (secondary N) is 2. The summed E-state index contributed by atoms with van der Waals surface area (Å²) >= 11 is 15.6. The van der Waals surface area contributed by atoms with Gasteiger partial charge in [0.2, 0.25) is 5.91 Å². The number of carbonyl (C=O) groups is 1. The Morgan fingerprint density at radius 3 is 2.72 bits per heavy atom. The minimum absolute atomic E-state index is 0.134. The van der Waals surface area contributed by atoms with Gasteiger partial charge in [-0.2, -0.15) is 0 Å². The van der Waals surface area contributed by atoms with Gasteiger partial charge in [-0.3, -0.25) is 4.79 Å². The Hall–Kier alpha value is -1.53. The van der Waals surface area contributed by atoms with E-state index in [1.54, 1.807) is 18.2 Å². The summed E-state index contributed by atoms with van der Waals surface area (Å²) in [6.45, 7) is 0.388. The van der Waals surface area contributed by atoms with Crippen molar-refractivity contribution in [2.24, 2.45) is 5.73 Å². The van der Waals surface area contributed by atoms with Crippen molar-refractivity contribution >= 4 is 61.6 Å². The summed E-state index contributed by atoms with van der Waals surface area (Å²) in [5.41, 5.74) is 8.19. The number of nitrogens with two attached hydrogens (primary N) is 1. The van der Waals surface area contributed by atoms with Crippen LogP contribution in [-0.2, 0) is 4.79 Å². The number of rotatable bonds is 5.